The fourth-order valence-electron chi connectivity index (χ4n) is 3.02. The number of hydrogen-bond donors (Lipinski definition) is 2. The molecule has 2 N–H and O–H groups in total. The Labute approximate surface area is 129 Å². The van der Waals surface area contributed by atoms with Gasteiger partial charge in [0.05, 0.1) is 6.61 Å². The molecule has 1 aromatic carbocycles. The van der Waals surface area contributed by atoms with E-state index in [1.807, 2.05) is 30.3 Å². The monoisotopic (exact) mass is 310 g/mol. The first kappa shape index (κ1) is 15.9. The molecule has 0 aromatic heterocycles. The highest BCUT2D eigenvalue weighted by Gasteiger charge is 2.62. The molecule has 6 nitrogen and oxygen atoms in total. The molecule has 0 aliphatic carbocycles. The lowest BCUT2D eigenvalue weighted by Gasteiger charge is -2.55. The van der Waals surface area contributed by atoms with E-state index in [2.05, 4.69) is 0 Å². The van der Waals surface area contributed by atoms with Gasteiger partial charge in [-0.25, -0.2) is 0 Å². The van der Waals surface area contributed by atoms with Gasteiger partial charge in [0.1, 0.15) is 23.4 Å². The van der Waals surface area contributed by atoms with Gasteiger partial charge in [0.2, 0.25) is 0 Å². The van der Waals surface area contributed by atoms with E-state index in [-0.39, 0.29) is 6.61 Å². The largest absolute Gasteiger partial charge is 0.384 e. The summed E-state index contributed by atoms with van der Waals surface area (Å²) in [5, 5.41) is 21.5. The number of fused-ring (bicyclic) bond motifs is 1. The van der Waals surface area contributed by atoms with Crippen LogP contribution in [0.2, 0.25) is 0 Å². The van der Waals surface area contributed by atoms with E-state index in [1.54, 1.807) is 0 Å². The second kappa shape index (κ2) is 5.56. The molecule has 1 unspecified atom stereocenters. The molecule has 2 heterocycles. The van der Waals surface area contributed by atoms with Gasteiger partial charge in [0, 0.05) is 12.7 Å². The molecule has 2 aliphatic rings. The standard InChI is InChI=1S/C16H22O6/c1-15(17)12-11(21-14(19-3)16(15,2)18)9-20-13(22-12)10-7-5-4-6-8-10/h4-8,11-14,17-18H,9H2,1-3H3/t11-,12+,13?,14-,15+,16+/m1/s1. The Morgan fingerprint density at radius 1 is 1.09 bits per heavy atom. The molecular weight excluding hydrogens is 288 g/mol. The van der Waals surface area contributed by atoms with Crippen molar-refractivity contribution in [3.63, 3.8) is 0 Å². The molecule has 3 rings (SSSR count). The summed E-state index contributed by atoms with van der Waals surface area (Å²) in [6.07, 6.45) is -2.80. The van der Waals surface area contributed by atoms with Crippen LogP contribution in [0.25, 0.3) is 0 Å². The minimum Gasteiger partial charge on any atom is -0.384 e. The van der Waals surface area contributed by atoms with Crippen molar-refractivity contribution in [2.24, 2.45) is 0 Å². The first-order valence-corrected chi connectivity index (χ1v) is 7.33. The Hall–Kier alpha value is -1.02. The lowest BCUT2D eigenvalue weighted by molar-refractivity contribution is -0.405. The zero-order chi connectivity index (χ0) is 16.0. The molecule has 1 aromatic rings. The molecule has 0 saturated carbocycles. The first-order valence-electron chi connectivity index (χ1n) is 7.33. The summed E-state index contributed by atoms with van der Waals surface area (Å²) >= 11 is 0. The Morgan fingerprint density at radius 2 is 1.77 bits per heavy atom. The van der Waals surface area contributed by atoms with Crippen LogP contribution in [0.5, 0.6) is 0 Å². The third kappa shape index (κ3) is 2.36. The topological polar surface area (TPSA) is 77.4 Å². The maximum Gasteiger partial charge on any atom is 0.189 e. The summed E-state index contributed by atoms with van der Waals surface area (Å²) in [5.41, 5.74) is -2.31. The van der Waals surface area contributed by atoms with Gasteiger partial charge in [-0.15, -0.1) is 0 Å². The van der Waals surface area contributed by atoms with Gasteiger partial charge in [0.25, 0.3) is 0 Å². The van der Waals surface area contributed by atoms with E-state index in [4.69, 9.17) is 18.9 Å². The van der Waals surface area contributed by atoms with Crippen LogP contribution in [0, 0.1) is 0 Å². The van der Waals surface area contributed by atoms with Crippen LogP contribution < -0.4 is 0 Å². The third-order valence-electron chi connectivity index (χ3n) is 4.64. The predicted octanol–water partition coefficient (Wildman–Crippen LogP) is 0.974. The number of methoxy groups -OCH3 is 1. The average Bonchev–Trinajstić information content (AvgIpc) is 2.52. The summed E-state index contributed by atoms with van der Waals surface area (Å²) < 4.78 is 22.5. The van der Waals surface area contributed by atoms with Crippen LogP contribution in [0.4, 0.5) is 0 Å². The average molecular weight is 310 g/mol. The van der Waals surface area contributed by atoms with E-state index in [0.29, 0.717) is 0 Å². The molecule has 0 amide bonds. The molecule has 0 radical (unpaired) electrons. The minimum atomic E-state index is -1.61. The summed E-state index contributed by atoms with van der Waals surface area (Å²) in [6.45, 7) is 3.26. The minimum absolute atomic E-state index is 0.246. The molecule has 2 aliphatic heterocycles. The Bertz CT molecular complexity index is 515. The summed E-state index contributed by atoms with van der Waals surface area (Å²) in [6, 6.07) is 9.46. The van der Waals surface area contributed by atoms with Crippen molar-refractivity contribution in [1.82, 2.24) is 0 Å². The van der Waals surface area contributed by atoms with Crippen LogP contribution in [0.15, 0.2) is 30.3 Å². The number of hydrogen-bond acceptors (Lipinski definition) is 6. The highest BCUT2D eigenvalue weighted by Crippen LogP contribution is 2.43. The third-order valence-corrected chi connectivity index (χ3v) is 4.64. The van der Waals surface area contributed by atoms with Gasteiger partial charge >= 0.3 is 0 Å². The molecule has 0 spiro atoms. The van der Waals surface area contributed by atoms with Crippen molar-refractivity contribution in [2.75, 3.05) is 13.7 Å². The number of aliphatic hydroxyl groups is 2. The van der Waals surface area contributed by atoms with Crippen molar-refractivity contribution in [3.8, 4) is 0 Å². The van der Waals surface area contributed by atoms with Crippen molar-refractivity contribution < 1.29 is 29.2 Å². The predicted molar refractivity (Wildman–Crippen MR) is 76.9 cm³/mol. The van der Waals surface area contributed by atoms with Crippen LogP contribution >= 0.6 is 0 Å². The van der Waals surface area contributed by atoms with Gasteiger partial charge in [-0.3, -0.25) is 0 Å². The molecule has 22 heavy (non-hydrogen) atoms. The second-order valence-electron chi connectivity index (χ2n) is 6.17. The first-order chi connectivity index (χ1) is 10.4. The van der Waals surface area contributed by atoms with Gasteiger partial charge in [-0.1, -0.05) is 30.3 Å². The zero-order valence-electron chi connectivity index (χ0n) is 12.9. The van der Waals surface area contributed by atoms with E-state index in [0.717, 1.165) is 5.56 Å². The number of ether oxygens (including phenoxy) is 4. The smallest absolute Gasteiger partial charge is 0.189 e. The fourth-order valence-corrected chi connectivity index (χ4v) is 3.02. The Kier molecular flexibility index (Phi) is 4.01. The summed E-state index contributed by atoms with van der Waals surface area (Å²) in [5.74, 6) is 0. The summed E-state index contributed by atoms with van der Waals surface area (Å²) in [4.78, 5) is 0. The SMILES string of the molecule is CO[C@@H]1O[C@@H]2COC(c3ccccc3)O[C@@H]2[C@](C)(O)[C@@]1(C)O. The maximum absolute atomic E-state index is 10.9. The second-order valence-corrected chi connectivity index (χ2v) is 6.17. The highest BCUT2D eigenvalue weighted by atomic mass is 16.8. The lowest BCUT2D eigenvalue weighted by Crippen LogP contribution is -2.74. The van der Waals surface area contributed by atoms with Crippen LogP contribution in [-0.4, -0.2) is 53.6 Å². The summed E-state index contributed by atoms with van der Waals surface area (Å²) in [7, 11) is 1.42. The molecule has 2 saturated heterocycles. The van der Waals surface area contributed by atoms with Gasteiger partial charge < -0.3 is 29.2 Å². The van der Waals surface area contributed by atoms with Crippen molar-refractivity contribution in [2.45, 2.75) is 49.8 Å². The van der Waals surface area contributed by atoms with Crippen molar-refractivity contribution >= 4 is 0 Å². The van der Waals surface area contributed by atoms with Crippen molar-refractivity contribution in [1.29, 1.82) is 0 Å². The Balaban J connectivity index is 1.86. The molecule has 6 heteroatoms. The Morgan fingerprint density at radius 3 is 2.41 bits per heavy atom. The lowest BCUT2D eigenvalue weighted by atomic mass is 9.76. The molecule has 2 fully saturated rings. The zero-order valence-corrected chi connectivity index (χ0v) is 12.9. The quantitative estimate of drug-likeness (QED) is 0.848. The van der Waals surface area contributed by atoms with Crippen molar-refractivity contribution in [3.05, 3.63) is 35.9 Å². The maximum atomic E-state index is 10.9. The van der Waals surface area contributed by atoms with E-state index < -0.39 is 36.0 Å². The molecule has 0 bridgehead atoms. The van der Waals surface area contributed by atoms with Gasteiger partial charge in [-0.05, 0) is 13.8 Å². The van der Waals surface area contributed by atoms with Gasteiger partial charge in [0.15, 0.2) is 12.6 Å². The van der Waals surface area contributed by atoms with E-state index >= 15 is 0 Å². The van der Waals surface area contributed by atoms with Crippen LogP contribution in [0.1, 0.15) is 25.7 Å². The number of rotatable bonds is 2. The van der Waals surface area contributed by atoms with E-state index in [9.17, 15) is 10.2 Å². The number of benzene rings is 1. The molecule has 6 atom stereocenters. The van der Waals surface area contributed by atoms with Crippen LogP contribution in [-0.2, 0) is 18.9 Å². The van der Waals surface area contributed by atoms with Crippen LogP contribution in [0.3, 0.4) is 0 Å². The molecular formula is C16H22O6. The van der Waals surface area contributed by atoms with Gasteiger partial charge in [-0.2, -0.15) is 0 Å². The highest BCUT2D eigenvalue weighted by molar-refractivity contribution is 5.17. The molecule has 122 valence electrons. The normalized spacial score (nSPS) is 45.3. The fraction of sp³-hybridized carbons (Fsp3) is 0.625. The van der Waals surface area contributed by atoms with E-state index in [1.165, 1.54) is 21.0 Å².